The number of aromatic hydroxyl groups is 2. The number of ether oxygens (including phenoxy) is 1. The molecule has 0 aliphatic carbocycles. The fourth-order valence-corrected chi connectivity index (χ4v) is 2.30. The van der Waals surface area contributed by atoms with Gasteiger partial charge in [-0.15, -0.1) is 0 Å². The van der Waals surface area contributed by atoms with E-state index in [1.54, 1.807) is 31.2 Å². The average molecular weight is 379 g/mol. The van der Waals surface area contributed by atoms with Gasteiger partial charge in [0.25, 0.3) is 5.91 Å². The minimum atomic E-state index is -0.557. The highest BCUT2D eigenvalue weighted by Gasteiger charge is 2.10. The average Bonchev–Trinajstić information content (AvgIpc) is 2.52. The number of carbonyl (C=O) groups is 1. The van der Waals surface area contributed by atoms with Gasteiger partial charge in [0.15, 0.2) is 11.5 Å². The maximum absolute atomic E-state index is 11.9. The van der Waals surface area contributed by atoms with E-state index in [4.69, 9.17) is 4.74 Å². The number of hydrogen-bond acceptors (Lipinski definition) is 5. The molecule has 1 amide bonds. The van der Waals surface area contributed by atoms with E-state index >= 15 is 0 Å². The number of nitrogens with one attached hydrogen (secondary N) is 1. The highest BCUT2D eigenvalue weighted by Crippen LogP contribution is 2.32. The van der Waals surface area contributed by atoms with Crippen LogP contribution in [0.15, 0.2) is 46.0 Å². The Kier molecular flexibility index (Phi) is 5.59. The predicted molar refractivity (Wildman–Crippen MR) is 90.1 cm³/mol. The zero-order valence-corrected chi connectivity index (χ0v) is 13.9. The fourth-order valence-electron chi connectivity index (χ4n) is 1.84. The quantitative estimate of drug-likeness (QED) is 0.550. The number of nitrogens with zero attached hydrogens (tertiary/aromatic N) is 1. The van der Waals surface area contributed by atoms with Gasteiger partial charge in [0.2, 0.25) is 0 Å². The lowest BCUT2D eigenvalue weighted by Crippen LogP contribution is -2.17. The number of benzene rings is 2. The molecule has 0 saturated carbocycles. The largest absolute Gasteiger partial charge is 0.507 e. The molecule has 0 aliphatic heterocycles. The van der Waals surface area contributed by atoms with E-state index in [0.717, 1.165) is 0 Å². The van der Waals surface area contributed by atoms with Crippen molar-refractivity contribution in [1.82, 2.24) is 5.43 Å². The molecule has 2 aromatic rings. The number of para-hydroxylation sites is 1. The minimum absolute atomic E-state index is 0.0735. The Labute approximate surface area is 141 Å². The van der Waals surface area contributed by atoms with Crippen LogP contribution >= 0.6 is 15.9 Å². The number of amides is 1. The Balaban J connectivity index is 2.15. The molecule has 0 bridgehead atoms. The van der Waals surface area contributed by atoms with Gasteiger partial charge in [-0.1, -0.05) is 28.1 Å². The lowest BCUT2D eigenvalue weighted by Gasteiger charge is -2.08. The monoisotopic (exact) mass is 378 g/mol. The topological polar surface area (TPSA) is 91.2 Å². The maximum Gasteiger partial charge on any atom is 0.275 e. The van der Waals surface area contributed by atoms with Crippen molar-refractivity contribution < 1.29 is 19.7 Å². The number of phenolic OH excluding ortho intramolecular Hbond substituents is 2. The summed E-state index contributed by atoms with van der Waals surface area (Å²) in [5.41, 5.74) is 2.77. The maximum atomic E-state index is 11.9. The number of carbonyl (C=O) groups excluding carboxylic acids is 1. The molecule has 0 heterocycles. The van der Waals surface area contributed by atoms with Crippen LogP contribution in [0, 0.1) is 0 Å². The van der Waals surface area contributed by atoms with Crippen molar-refractivity contribution in [2.75, 3.05) is 6.61 Å². The first kappa shape index (κ1) is 16.8. The van der Waals surface area contributed by atoms with Crippen molar-refractivity contribution in [2.45, 2.75) is 6.92 Å². The molecular weight excluding hydrogens is 364 g/mol. The van der Waals surface area contributed by atoms with Gasteiger partial charge in [-0.05, 0) is 31.2 Å². The van der Waals surface area contributed by atoms with Gasteiger partial charge in [0.1, 0.15) is 5.75 Å². The first-order valence-corrected chi connectivity index (χ1v) is 7.59. The van der Waals surface area contributed by atoms with Crippen LogP contribution in [-0.4, -0.2) is 28.9 Å². The molecular formula is C16H15BrN2O4. The molecule has 0 radical (unpaired) electrons. The third kappa shape index (κ3) is 4.23. The van der Waals surface area contributed by atoms with Crippen LogP contribution in [0.5, 0.6) is 17.2 Å². The van der Waals surface area contributed by atoms with Gasteiger partial charge in [0.05, 0.1) is 18.4 Å². The van der Waals surface area contributed by atoms with E-state index in [1.807, 2.05) is 0 Å². The van der Waals surface area contributed by atoms with Crippen LogP contribution in [0.3, 0.4) is 0 Å². The lowest BCUT2D eigenvalue weighted by molar-refractivity contribution is 0.0952. The molecule has 6 nitrogen and oxygen atoms in total. The molecule has 0 aliphatic rings. The molecule has 0 saturated heterocycles. The summed E-state index contributed by atoms with van der Waals surface area (Å²) in [5.74, 6) is -0.450. The van der Waals surface area contributed by atoms with Crippen molar-refractivity contribution in [3.05, 3.63) is 52.0 Å². The Bertz CT molecular complexity index is 747. The number of rotatable bonds is 5. The first-order chi connectivity index (χ1) is 11.0. The summed E-state index contributed by atoms with van der Waals surface area (Å²) in [6, 6.07) is 9.40. The second kappa shape index (κ2) is 7.64. The minimum Gasteiger partial charge on any atom is -0.507 e. The van der Waals surface area contributed by atoms with Gasteiger partial charge in [-0.3, -0.25) is 4.79 Å². The van der Waals surface area contributed by atoms with Crippen molar-refractivity contribution >= 4 is 28.1 Å². The van der Waals surface area contributed by atoms with Crippen LogP contribution in [0.2, 0.25) is 0 Å². The summed E-state index contributed by atoms with van der Waals surface area (Å²) in [6.45, 7) is 2.21. The molecule has 120 valence electrons. The third-order valence-corrected chi connectivity index (χ3v) is 3.35. The summed E-state index contributed by atoms with van der Waals surface area (Å²) in [5, 5.41) is 23.5. The number of phenols is 2. The second-order valence-electron chi connectivity index (χ2n) is 4.49. The molecule has 0 fully saturated rings. The Morgan fingerprint density at radius 1 is 1.35 bits per heavy atom. The Hall–Kier alpha value is -2.54. The summed E-state index contributed by atoms with van der Waals surface area (Å²) < 4.78 is 6.01. The van der Waals surface area contributed by atoms with Crippen molar-refractivity contribution in [3.63, 3.8) is 0 Å². The SMILES string of the molecule is CCOc1cc(Br)cc(/C=N/NC(=O)c2ccccc2O)c1O. The van der Waals surface area contributed by atoms with E-state index in [-0.39, 0.29) is 17.1 Å². The second-order valence-corrected chi connectivity index (χ2v) is 5.41. The molecule has 3 N–H and O–H groups in total. The number of hydrogen-bond donors (Lipinski definition) is 3. The van der Waals surface area contributed by atoms with E-state index in [0.29, 0.717) is 22.4 Å². The fraction of sp³-hybridized carbons (Fsp3) is 0.125. The molecule has 0 aromatic heterocycles. The zero-order chi connectivity index (χ0) is 16.8. The molecule has 23 heavy (non-hydrogen) atoms. The number of hydrazone groups is 1. The molecule has 0 unspecified atom stereocenters. The summed E-state index contributed by atoms with van der Waals surface area (Å²) in [7, 11) is 0. The molecule has 2 rings (SSSR count). The predicted octanol–water partition coefficient (Wildman–Crippen LogP) is 3.02. The molecule has 0 atom stereocenters. The van der Waals surface area contributed by atoms with Crippen LogP contribution in [-0.2, 0) is 0 Å². The van der Waals surface area contributed by atoms with E-state index in [9.17, 15) is 15.0 Å². The third-order valence-electron chi connectivity index (χ3n) is 2.89. The molecule has 7 heteroatoms. The molecule has 2 aromatic carbocycles. The Morgan fingerprint density at radius 3 is 2.78 bits per heavy atom. The number of halogens is 1. The zero-order valence-electron chi connectivity index (χ0n) is 12.3. The smallest absolute Gasteiger partial charge is 0.275 e. The van der Waals surface area contributed by atoms with Gasteiger partial charge >= 0.3 is 0 Å². The van der Waals surface area contributed by atoms with Crippen LogP contribution in [0.1, 0.15) is 22.8 Å². The molecule has 0 spiro atoms. The van der Waals surface area contributed by atoms with Crippen LogP contribution in [0.4, 0.5) is 0 Å². The highest BCUT2D eigenvalue weighted by molar-refractivity contribution is 9.10. The Morgan fingerprint density at radius 2 is 2.09 bits per heavy atom. The van der Waals surface area contributed by atoms with Crippen LogP contribution < -0.4 is 10.2 Å². The summed E-state index contributed by atoms with van der Waals surface area (Å²) in [4.78, 5) is 11.9. The van der Waals surface area contributed by atoms with Gasteiger partial charge in [-0.2, -0.15) is 5.10 Å². The van der Waals surface area contributed by atoms with Gasteiger partial charge < -0.3 is 14.9 Å². The van der Waals surface area contributed by atoms with E-state index in [1.165, 1.54) is 18.3 Å². The van der Waals surface area contributed by atoms with Crippen molar-refractivity contribution in [3.8, 4) is 17.2 Å². The van der Waals surface area contributed by atoms with Crippen molar-refractivity contribution in [2.24, 2.45) is 5.10 Å². The van der Waals surface area contributed by atoms with Gasteiger partial charge in [-0.25, -0.2) is 5.43 Å². The highest BCUT2D eigenvalue weighted by atomic mass is 79.9. The van der Waals surface area contributed by atoms with E-state index < -0.39 is 5.91 Å². The van der Waals surface area contributed by atoms with Crippen LogP contribution in [0.25, 0.3) is 0 Å². The summed E-state index contributed by atoms with van der Waals surface area (Å²) >= 11 is 3.31. The summed E-state index contributed by atoms with van der Waals surface area (Å²) in [6.07, 6.45) is 1.29. The lowest BCUT2D eigenvalue weighted by atomic mass is 10.2. The van der Waals surface area contributed by atoms with Gasteiger partial charge in [0, 0.05) is 10.0 Å². The van der Waals surface area contributed by atoms with Crippen molar-refractivity contribution in [1.29, 1.82) is 0 Å². The standard InChI is InChI=1S/C16H15BrN2O4/c1-2-23-14-8-11(17)7-10(15(14)21)9-18-19-16(22)12-5-3-4-6-13(12)20/h3-9,20-21H,2H2,1H3,(H,19,22)/b18-9+. The van der Waals surface area contributed by atoms with E-state index in [2.05, 4.69) is 26.5 Å². The normalized spacial score (nSPS) is 10.7. The first-order valence-electron chi connectivity index (χ1n) is 6.79.